The lowest BCUT2D eigenvalue weighted by Gasteiger charge is -2.05. The summed E-state index contributed by atoms with van der Waals surface area (Å²) in [4.78, 5) is 2.61. The van der Waals surface area contributed by atoms with Gasteiger partial charge in [-0.3, -0.25) is 0 Å². The first kappa shape index (κ1) is 10.3. The van der Waals surface area contributed by atoms with Gasteiger partial charge >= 0.3 is 0 Å². The Balaban J connectivity index is 2.67. The van der Waals surface area contributed by atoms with E-state index < -0.39 is 0 Å². The molecule has 2 N–H and O–H groups in total. The summed E-state index contributed by atoms with van der Waals surface area (Å²) < 4.78 is 0. The molecule has 0 bridgehead atoms. The molecule has 70 valence electrons. The molecule has 1 aromatic heterocycles. The molecule has 0 spiro atoms. The monoisotopic (exact) mass is 193 g/mol. The molecule has 0 radical (unpaired) electrons. The fourth-order valence-electron chi connectivity index (χ4n) is 1.17. The first-order valence-corrected chi connectivity index (χ1v) is 5.22. The Bertz CT molecular complexity index is 300. The van der Waals surface area contributed by atoms with Crippen LogP contribution in [0.5, 0.6) is 0 Å². The Morgan fingerprint density at radius 3 is 2.77 bits per heavy atom. The number of aryl methyl sites for hydroxylation is 2. The molecule has 0 saturated carbocycles. The lowest BCUT2D eigenvalue weighted by Crippen LogP contribution is -2.07. The number of terminal acetylenes is 1. The van der Waals surface area contributed by atoms with Gasteiger partial charge < -0.3 is 5.73 Å². The van der Waals surface area contributed by atoms with E-state index in [1.165, 1.54) is 15.3 Å². The van der Waals surface area contributed by atoms with Crippen molar-refractivity contribution in [2.24, 2.45) is 5.73 Å². The standard InChI is InChI=1S/C11H15NS/c1-4-5-6-10(12)11-7-8(2)9(3)13-11/h1,7,10H,5-6,12H2,2-3H3. The number of hydrogen-bond acceptors (Lipinski definition) is 2. The van der Waals surface area contributed by atoms with E-state index in [1.807, 2.05) is 0 Å². The Labute approximate surface area is 84.0 Å². The van der Waals surface area contributed by atoms with Gasteiger partial charge in [-0.2, -0.15) is 0 Å². The van der Waals surface area contributed by atoms with Crippen LogP contribution in [0.4, 0.5) is 0 Å². The van der Waals surface area contributed by atoms with E-state index in [0.29, 0.717) is 0 Å². The van der Waals surface area contributed by atoms with Crippen molar-refractivity contribution in [2.75, 3.05) is 0 Å². The van der Waals surface area contributed by atoms with Crippen molar-refractivity contribution in [3.8, 4) is 12.3 Å². The maximum absolute atomic E-state index is 5.98. The maximum atomic E-state index is 5.98. The highest BCUT2D eigenvalue weighted by molar-refractivity contribution is 7.12. The SMILES string of the molecule is C#CCCC(N)c1cc(C)c(C)s1. The molecule has 1 aromatic rings. The van der Waals surface area contributed by atoms with E-state index in [0.717, 1.165) is 12.8 Å². The second-order valence-corrected chi connectivity index (χ2v) is 4.53. The van der Waals surface area contributed by atoms with E-state index in [2.05, 4.69) is 25.8 Å². The van der Waals surface area contributed by atoms with Crippen molar-refractivity contribution in [3.63, 3.8) is 0 Å². The Hall–Kier alpha value is -0.780. The number of rotatable bonds is 3. The summed E-state index contributed by atoms with van der Waals surface area (Å²) in [5.74, 6) is 2.61. The van der Waals surface area contributed by atoms with Crippen LogP contribution in [0.3, 0.4) is 0 Å². The summed E-state index contributed by atoms with van der Waals surface area (Å²) in [6.07, 6.45) is 6.83. The van der Waals surface area contributed by atoms with Crippen LogP contribution in [0, 0.1) is 26.2 Å². The molecular weight excluding hydrogens is 178 g/mol. The quantitative estimate of drug-likeness (QED) is 0.734. The Morgan fingerprint density at radius 1 is 1.62 bits per heavy atom. The van der Waals surface area contributed by atoms with Gasteiger partial charge in [0, 0.05) is 22.2 Å². The van der Waals surface area contributed by atoms with Gasteiger partial charge in [0.15, 0.2) is 0 Å². The van der Waals surface area contributed by atoms with Crippen LogP contribution in [-0.4, -0.2) is 0 Å². The zero-order chi connectivity index (χ0) is 9.84. The van der Waals surface area contributed by atoms with Crippen LogP contribution in [-0.2, 0) is 0 Å². The summed E-state index contributed by atoms with van der Waals surface area (Å²) >= 11 is 1.78. The van der Waals surface area contributed by atoms with Crippen LogP contribution in [0.15, 0.2) is 6.07 Å². The summed E-state index contributed by atoms with van der Waals surface area (Å²) in [5, 5.41) is 0. The van der Waals surface area contributed by atoms with E-state index in [4.69, 9.17) is 12.2 Å². The summed E-state index contributed by atoms with van der Waals surface area (Å²) in [5.41, 5.74) is 7.31. The zero-order valence-corrected chi connectivity index (χ0v) is 8.95. The average Bonchev–Trinajstić information content (AvgIpc) is 2.43. The molecule has 1 atom stereocenters. The van der Waals surface area contributed by atoms with Gasteiger partial charge in [0.2, 0.25) is 0 Å². The molecule has 0 amide bonds. The molecule has 1 nitrogen and oxygen atoms in total. The van der Waals surface area contributed by atoms with Gasteiger partial charge in [-0.25, -0.2) is 0 Å². The molecule has 1 unspecified atom stereocenters. The number of nitrogens with two attached hydrogens (primary N) is 1. The fraction of sp³-hybridized carbons (Fsp3) is 0.455. The number of hydrogen-bond donors (Lipinski definition) is 1. The minimum atomic E-state index is 0.119. The van der Waals surface area contributed by atoms with Gasteiger partial charge in [-0.1, -0.05) is 0 Å². The molecular formula is C11H15NS. The second-order valence-electron chi connectivity index (χ2n) is 3.24. The zero-order valence-electron chi connectivity index (χ0n) is 8.13. The topological polar surface area (TPSA) is 26.0 Å². The Kier molecular flexibility index (Phi) is 3.53. The van der Waals surface area contributed by atoms with Crippen molar-refractivity contribution in [2.45, 2.75) is 32.7 Å². The normalized spacial score (nSPS) is 12.5. The maximum Gasteiger partial charge on any atom is 0.0399 e. The van der Waals surface area contributed by atoms with Gasteiger partial charge in [0.1, 0.15) is 0 Å². The first-order chi connectivity index (χ1) is 6.15. The van der Waals surface area contributed by atoms with E-state index in [1.54, 1.807) is 11.3 Å². The predicted molar refractivity (Wildman–Crippen MR) is 58.8 cm³/mol. The Morgan fingerprint density at radius 2 is 2.31 bits per heavy atom. The molecule has 1 rings (SSSR count). The van der Waals surface area contributed by atoms with E-state index in [9.17, 15) is 0 Å². The van der Waals surface area contributed by atoms with Crippen LogP contribution in [0.25, 0.3) is 0 Å². The molecule has 0 aliphatic heterocycles. The average molecular weight is 193 g/mol. The summed E-state index contributed by atoms with van der Waals surface area (Å²) in [6.45, 7) is 4.24. The van der Waals surface area contributed by atoms with Gasteiger partial charge in [0.25, 0.3) is 0 Å². The summed E-state index contributed by atoms with van der Waals surface area (Å²) in [7, 11) is 0. The second kappa shape index (κ2) is 4.45. The largest absolute Gasteiger partial charge is 0.323 e. The molecule has 0 fully saturated rings. The highest BCUT2D eigenvalue weighted by atomic mass is 32.1. The van der Waals surface area contributed by atoms with Crippen molar-refractivity contribution in [3.05, 3.63) is 21.4 Å². The molecule has 0 aliphatic carbocycles. The summed E-state index contributed by atoms with van der Waals surface area (Å²) in [6, 6.07) is 2.29. The van der Waals surface area contributed by atoms with Crippen molar-refractivity contribution < 1.29 is 0 Å². The van der Waals surface area contributed by atoms with Crippen molar-refractivity contribution in [1.82, 2.24) is 0 Å². The lowest BCUT2D eigenvalue weighted by atomic mass is 10.1. The molecule has 0 saturated heterocycles. The van der Waals surface area contributed by atoms with Crippen molar-refractivity contribution in [1.29, 1.82) is 0 Å². The van der Waals surface area contributed by atoms with E-state index >= 15 is 0 Å². The first-order valence-electron chi connectivity index (χ1n) is 4.41. The molecule has 13 heavy (non-hydrogen) atoms. The van der Waals surface area contributed by atoms with E-state index in [-0.39, 0.29) is 6.04 Å². The van der Waals surface area contributed by atoms with Crippen LogP contribution < -0.4 is 5.73 Å². The predicted octanol–water partition coefficient (Wildman–Crippen LogP) is 2.78. The lowest BCUT2D eigenvalue weighted by molar-refractivity contribution is 0.679. The third kappa shape index (κ3) is 2.58. The molecule has 0 aromatic carbocycles. The fourth-order valence-corrected chi connectivity index (χ4v) is 2.24. The third-order valence-electron chi connectivity index (χ3n) is 2.15. The third-order valence-corrected chi connectivity index (χ3v) is 3.43. The minimum absolute atomic E-state index is 0.119. The van der Waals surface area contributed by atoms with Gasteiger partial charge in [-0.05, 0) is 31.9 Å². The number of thiophene rings is 1. The molecule has 1 heterocycles. The highest BCUT2D eigenvalue weighted by Gasteiger charge is 2.09. The van der Waals surface area contributed by atoms with Crippen LogP contribution >= 0.6 is 11.3 Å². The molecule has 0 aliphatic rings. The highest BCUT2D eigenvalue weighted by Crippen LogP contribution is 2.27. The smallest absolute Gasteiger partial charge is 0.0399 e. The van der Waals surface area contributed by atoms with Crippen LogP contribution in [0.2, 0.25) is 0 Å². The van der Waals surface area contributed by atoms with Crippen LogP contribution in [0.1, 0.15) is 34.2 Å². The van der Waals surface area contributed by atoms with Gasteiger partial charge in [-0.15, -0.1) is 23.7 Å². The molecule has 2 heteroatoms. The minimum Gasteiger partial charge on any atom is -0.323 e. The van der Waals surface area contributed by atoms with Gasteiger partial charge in [0.05, 0.1) is 0 Å². The van der Waals surface area contributed by atoms with Crippen molar-refractivity contribution >= 4 is 11.3 Å².